The molecule has 0 spiro atoms. The maximum atomic E-state index is 13.1. The fourth-order valence-electron chi connectivity index (χ4n) is 4.21. The lowest BCUT2D eigenvalue weighted by atomic mass is 9.89. The Morgan fingerprint density at radius 1 is 1.07 bits per heavy atom. The van der Waals surface area contributed by atoms with Gasteiger partial charge in [0, 0.05) is 18.5 Å². The fraction of sp³-hybridized carbons (Fsp3) is 0.280. The van der Waals surface area contributed by atoms with Gasteiger partial charge in [0.15, 0.2) is 5.60 Å². The summed E-state index contributed by atoms with van der Waals surface area (Å²) in [6, 6.07) is 19.5. The standard InChI is InChI=1S/C25H25NO4/c1-17-7-5-10-22-23(17)26(24(28)25(22,29)16-18(2)27)13-6-14-30-21-12-11-19-8-3-4-9-20(19)15-21/h3-5,7-12,15,29H,6,13-14,16H2,1-2H3/t25-/m0/s1. The lowest BCUT2D eigenvalue weighted by molar-refractivity contribution is -0.141. The molecule has 0 saturated heterocycles. The number of hydrogen-bond acceptors (Lipinski definition) is 4. The number of rotatable bonds is 7. The van der Waals surface area contributed by atoms with Gasteiger partial charge in [-0.05, 0) is 48.7 Å². The molecule has 154 valence electrons. The molecular formula is C25H25NO4. The van der Waals surface area contributed by atoms with Crippen LogP contribution >= 0.6 is 0 Å². The molecule has 4 rings (SSSR count). The van der Waals surface area contributed by atoms with Gasteiger partial charge in [-0.25, -0.2) is 0 Å². The van der Waals surface area contributed by atoms with E-state index < -0.39 is 11.5 Å². The van der Waals surface area contributed by atoms with Crippen LogP contribution in [0.3, 0.4) is 0 Å². The van der Waals surface area contributed by atoms with Crippen molar-refractivity contribution in [3.8, 4) is 5.75 Å². The summed E-state index contributed by atoms with van der Waals surface area (Å²) in [5, 5.41) is 13.3. The van der Waals surface area contributed by atoms with E-state index in [2.05, 4.69) is 6.07 Å². The molecule has 1 N–H and O–H groups in total. The Kier molecular flexibility index (Phi) is 5.31. The summed E-state index contributed by atoms with van der Waals surface area (Å²) < 4.78 is 5.89. The van der Waals surface area contributed by atoms with Gasteiger partial charge in [0.1, 0.15) is 11.5 Å². The second kappa shape index (κ2) is 7.92. The van der Waals surface area contributed by atoms with Crippen LogP contribution in [-0.2, 0) is 15.2 Å². The fourth-order valence-corrected chi connectivity index (χ4v) is 4.21. The van der Waals surface area contributed by atoms with E-state index in [0.29, 0.717) is 30.8 Å². The number of aryl methyl sites for hydroxylation is 1. The van der Waals surface area contributed by atoms with Crippen molar-refractivity contribution in [3.63, 3.8) is 0 Å². The highest BCUT2D eigenvalue weighted by Crippen LogP contribution is 2.44. The van der Waals surface area contributed by atoms with Gasteiger partial charge < -0.3 is 14.7 Å². The highest BCUT2D eigenvalue weighted by atomic mass is 16.5. The van der Waals surface area contributed by atoms with Crippen LogP contribution in [0.2, 0.25) is 0 Å². The molecule has 0 fully saturated rings. The third-order valence-electron chi connectivity index (χ3n) is 5.57. The summed E-state index contributed by atoms with van der Waals surface area (Å²) in [5.41, 5.74) is 0.331. The molecule has 5 nitrogen and oxygen atoms in total. The number of ketones is 1. The van der Waals surface area contributed by atoms with E-state index in [4.69, 9.17) is 4.74 Å². The van der Waals surface area contributed by atoms with Crippen LogP contribution in [0, 0.1) is 6.92 Å². The average molecular weight is 403 g/mol. The zero-order valence-corrected chi connectivity index (χ0v) is 17.2. The monoisotopic (exact) mass is 403 g/mol. The van der Waals surface area contributed by atoms with Gasteiger partial charge in [0.05, 0.1) is 12.3 Å². The molecule has 0 aliphatic carbocycles. The zero-order valence-electron chi connectivity index (χ0n) is 17.2. The molecule has 3 aromatic carbocycles. The Hall–Kier alpha value is -3.18. The van der Waals surface area contributed by atoms with Crippen LogP contribution in [0.25, 0.3) is 10.8 Å². The number of amides is 1. The van der Waals surface area contributed by atoms with Crippen molar-refractivity contribution < 1.29 is 19.4 Å². The van der Waals surface area contributed by atoms with Crippen molar-refractivity contribution in [2.45, 2.75) is 32.3 Å². The number of anilines is 1. The quantitative estimate of drug-likeness (QED) is 0.603. The van der Waals surface area contributed by atoms with E-state index in [-0.39, 0.29) is 12.2 Å². The van der Waals surface area contributed by atoms with Gasteiger partial charge in [0.25, 0.3) is 5.91 Å². The minimum atomic E-state index is -1.79. The molecule has 1 heterocycles. The largest absolute Gasteiger partial charge is 0.494 e. The summed E-state index contributed by atoms with van der Waals surface area (Å²) in [6.07, 6.45) is 0.384. The van der Waals surface area contributed by atoms with Crippen LogP contribution in [-0.4, -0.2) is 29.9 Å². The number of nitrogens with zero attached hydrogens (tertiary/aromatic N) is 1. The van der Waals surface area contributed by atoms with Crippen LogP contribution in [0.4, 0.5) is 5.69 Å². The average Bonchev–Trinajstić information content (AvgIpc) is 2.93. The minimum absolute atomic E-state index is 0.216. The van der Waals surface area contributed by atoms with E-state index in [1.807, 2.05) is 49.4 Å². The van der Waals surface area contributed by atoms with Gasteiger partial charge in [-0.3, -0.25) is 9.59 Å². The summed E-state index contributed by atoms with van der Waals surface area (Å²) in [4.78, 5) is 26.4. The summed E-state index contributed by atoms with van der Waals surface area (Å²) in [7, 11) is 0. The second-order valence-electron chi connectivity index (χ2n) is 7.88. The molecule has 1 atom stereocenters. The van der Waals surface area contributed by atoms with Crippen LogP contribution in [0.5, 0.6) is 5.75 Å². The maximum Gasteiger partial charge on any atom is 0.264 e. The van der Waals surface area contributed by atoms with E-state index in [9.17, 15) is 14.7 Å². The number of carbonyl (C=O) groups excluding carboxylic acids is 2. The van der Waals surface area contributed by atoms with Crippen molar-refractivity contribution in [1.29, 1.82) is 0 Å². The summed E-state index contributed by atoms with van der Waals surface area (Å²) in [5.74, 6) is 0.124. The van der Waals surface area contributed by atoms with Crippen LogP contribution < -0.4 is 9.64 Å². The molecule has 0 bridgehead atoms. The first-order chi connectivity index (χ1) is 14.4. The van der Waals surface area contributed by atoms with Crippen molar-refractivity contribution in [2.24, 2.45) is 0 Å². The lowest BCUT2D eigenvalue weighted by Gasteiger charge is -2.22. The Balaban J connectivity index is 1.46. The van der Waals surface area contributed by atoms with E-state index in [1.54, 1.807) is 17.0 Å². The van der Waals surface area contributed by atoms with Gasteiger partial charge in [0.2, 0.25) is 0 Å². The molecule has 0 radical (unpaired) electrons. The Morgan fingerprint density at radius 2 is 1.83 bits per heavy atom. The Morgan fingerprint density at radius 3 is 2.60 bits per heavy atom. The highest BCUT2D eigenvalue weighted by Gasteiger charge is 2.50. The van der Waals surface area contributed by atoms with Gasteiger partial charge in [-0.1, -0.05) is 48.5 Å². The second-order valence-corrected chi connectivity index (χ2v) is 7.88. The first kappa shape index (κ1) is 20.1. The van der Waals surface area contributed by atoms with Crippen molar-refractivity contribution in [3.05, 3.63) is 71.8 Å². The summed E-state index contributed by atoms with van der Waals surface area (Å²) >= 11 is 0. The van der Waals surface area contributed by atoms with Crippen LogP contribution in [0.15, 0.2) is 60.7 Å². The number of carbonyl (C=O) groups is 2. The molecule has 3 aromatic rings. The van der Waals surface area contributed by atoms with E-state index >= 15 is 0 Å². The molecule has 1 amide bonds. The highest BCUT2D eigenvalue weighted by molar-refractivity contribution is 6.09. The van der Waals surface area contributed by atoms with Crippen molar-refractivity contribution in [1.82, 2.24) is 0 Å². The molecule has 1 aliphatic rings. The van der Waals surface area contributed by atoms with Gasteiger partial charge >= 0.3 is 0 Å². The molecule has 5 heteroatoms. The molecule has 30 heavy (non-hydrogen) atoms. The number of hydrogen-bond donors (Lipinski definition) is 1. The van der Waals surface area contributed by atoms with Gasteiger partial charge in [-0.15, -0.1) is 0 Å². The molecule has 1 aliphatic heterocycles. The van der Waals surface area contributed by atoms with Crippen molar-refractivity contribution in [2.75, 3.05) is 18.1 Å². The maximum absolute atomic E-state index is 13.1. The first-order valence-electron chi connectivity index (χ1n) is 10.2. The molecular weight excluding hydrogens is 378 g/mol. The van der Waals surface area contributed by atoms with Gasteiger partial charge in [-0.2, -0.15) is 0 Å². The van der Waals surface area contributed by atoms with Crippen molar-refractivity contribution >= 4 is 28.2 Å². The molecule has 0 aromatic heterocycles. The lowest BCUT2D eigenvalue weighted by Crippen LogP contribution is -2.42. The third-order valence-corrected chi connectivity index (χ3v) is 5.57. The number of benzene rings is 3. The Bertz CT molecular complexity index is 1120. The first-order valence-corrected chi connectivity index (χ1v) is 10.2. The molecule has 0 unspecified atom stereocenters. The number of aliphatic hydroxyl groups is 1. The predicted molar refractivity (Wildman–Crippen MR) is 117 cm³/mol. The number of para-hydroxylation sites is 1. The van der Waals surface area contributed by atoms with E-state index in [1.165, 1.54) is 6.92 Å². The van der Waals surface area contributed by atoms with E-state index in [0.717, 1.165) is 22.1 Å². The smallest absolute Gasteiger partial charge is 0.264 e. The minimum Gasteiger partial charge on any atom is -0.494 e. The SMILES string of the molecule is CC(=O)C[C@@]1(O)C(=O)N(CCCOc2ccc3ccccc3c2)c2c(C)cccc21. The number of ether oxygens (including phenoxy) is 1. The van der Waals surface area contributed by atoms with Crippen LogP contribution in [0.1, 0.15) is 30.9 Å². The Labute approximate surface area is 175 Å². The number of Topliss-reactive ketones (excluding diaryl/α,β-unsaturated/α-hetero) is 1. The number of fused-ring (bicyclic) bond motifs is 2. The molecule has 0 saturated carbocycles. The topological polar surface area (TPSA) is 66.8 Å². The normalized spacial score (nSPS) is 18.0. The third kappa shape index (κ3) is 3.57. The zero-order chi connectivity index (χ0) is 21.3. The predicted octanol–water partition coefficient (Wildman–Crippen LogP) is 4.13. The summed E-state index contributed by atoms with van der Waals surface area (Å²) in [6.45, 7) is 4.14.